The van der Waals surface area contributed by atoms with Crippen molar-refractivity contribution in [3.8, 4) is 11.5 Å². The van der Waals surface area contributed by atoms with Crippen LogP contribution >= 0.6 is 11.6 Å². The molecule has 31 heavy (non-hydrogen) atoms. The predicted octanol–water partition coefficient (Wildman–Crippen LogP) is 4.48. The Labute approximate surface area is 186 Å². The van der Waals surface area contributed by atoms with E-state index in [1.165, 1.54) is 18.2 Å². The van der Waals surface area contributed by atoms with E-state index in [0.717, 1.165) is 0 Å². The highest BCUT2D eigenvalue weighted by atomic mass is 35.5. The third-order valence-electron chi connectivity index (χ3n) is 4.29. The summed E-state index contributed by atoms with van der Waals surface area (Å²) in [5, 5.41) is 3.23. The van der Waals surface area contributed by atoms with Gasteiger partial charge in [0.1, 0.15) is 11.5 Å². The largest absolute Gasteiger partial charge is 0.497 e. The van der Waals surface area contributed by atoms with Crippen LogP contribution in [0.3, 0.4) is 0 Å². The minimum absolute atomic E-state index is 0.0787. The van der Waals surface area contributed by atoms with Crippen LogP contribution in [-0.2, 0) is 14.8 Å². The van der Waals surface area contributed by atoms with Gasteiger partial charge in [-0.1, -0.05) is 11.6 Å². The Bertz CT molecular complexity index is 1160. The lowest BCUT2D eigenvalue weighted by molar-refractivity contribution is -0.118. The lowest BCUT2D eigenvalue weighted by Crippen LogP contribution is -2.20. The molecule has 0 fully saturated rings. The number of hydrogen-bond donors (Lipinski definition) is 2. The molecule has 3 aromatic rings. The minimum atomic E-state index is -3.78. The van der Waals surface area contributed by atoms with Gasteiger partial charge >= 0.3 is 0 Å². The molecule has 9 heteroatoms. The molecule has 3 rings (SSSR count). The molecular weight excluding hydrogens is 440 g/mol. The number of halogens is 1. The van der Waals surface area contributed by atoms with Gasteiger partial charge in [0.2, 0.25) is 0 Å². The maximum absolute atomic E-state index is 12.6. The van der Waals surface area contributed by atoms with E-state index in [2.05, 4.69) is 10.0 Å². The van der Waals surface area contributed by atoms with E-state index in [4.69, 9.17) is 21.1 Å². The summed E-state index contributed by atoms with van der Waals surface area (Å²) in [6.07, 6.45) is 0. The lowest BCUT2D eigenvalue weighted by Gasteiger charge is -2.12. The number of sulfonamides is 1. The Kier molecular flexibility index (Phi) is 7.04. The van der Waals surface area contributed by atoms with Crippen LogP contribution in [0.4, 0.5) is 11.4 Å². The number of amides is 1. The second-order valence-electron chi connectivity index (χ2n) is 6.61. The van der Waals surface area contributed by atoms with Gasteiger partial charge in [0.15, 0.2) is 6.61 Å². The molecule has 0 spiro atoms. The van der Waals surface area contributed by atoms with E-state index in [-0.39, 0.29) is 17.4 Å². The van der Waals surface area contributed by atoms with Gasteiger partial charge in [-0.25, -0.2) is 8.42 Å². The zero-order chi connectivity index (χ0) is 22.4. The number of ether oxygens (including phenoxy) is 2. The molecule has 2 N–H and O–H groups in total. The van der Waals surface area contributed by atoms with E-state index in [1.54, 1.807) is 62.6 Å². The number of benzene rings is 3. The number of nitrogens with one attached hydrogen (secondary N) is 2. The summed E-state index contributed by atoms with van der Waals surface area (Å²) in [6.45, 7) is 1.49. The van der Waals surface area contributed by atoms with Crippen molar-refractivity contribution in [3.05, 3.63) is 77.3 Å². The van der Waals surface area contributed by atoms with Crippen molar-refractivity contribution < 1.29 is 22.7 Å². The molecule has 0 saturated heterocycles. The summed E-state index contributed by atoms with van der Waals surface area (Å²) in [6, 6.07) is 17.7. The van der Waals surface area contributed by atoms with Gasteiger partial charge in [-0.2, -0.15) is 0 Å². The van der Waals surface area contributed by atoms with Crippen molar-refractivity contribution in [2.75, 3.05) is 23.8 Å². The maximum atomic E-state index is 12.6. The smallest absolute Gasteiger partial charge is 0.262 e. The molecule has 7 nitrogen and oxygen atoms in total. The normalized spacial score (nSPS) is 10.9. The standard InChI is InChI=1S/C22H21ClN2O5S/c1-15-13-20(31(27,28)25-18-5-3-16(23)4-6-18)11-12-21(15)30-14-22(26)24-17-7-9-19(29-2)10-8-17/h3-13,25H,14H2,1-2H3,(H,24,26). The predicted molar refractivity (Wildman–Crippen MR) is 121 cm³/mol. The monoisotopic (exact) mass is 460 g/mol. The quantitative estimate of drug-likeness (QED) is 0.517. The molecule has 0 aromatic heterocycles. The minimum Gasteiger partial charge on any atom is -0.497 e. The van der Waals surface area contributed by atoms with Crippen LogP contribution in [0.5, 0.6) is 11.5 Å². The second kappa shape index (κ2) is 9.72. The Balaban J connectivity index is 1.61. The summed E-state index contributed by atoms with van der Waals surface area (Å²) in [7, 11) is -2.22. The Morgan fingerprint density at radius 1 is 0.968 bits per heavy atom. The van der Waals surface area contributed by atoms with Gasteiger partial charge in [-0.15, -0.1) is 0 Å². The first-order valence-corrected chi connectivity index (χ1v) is 11.1. The highest BCUT2D eigenvalue weighted by Gasteiger charge is 2.16. The number of hydrogen-bond acceptors (Lipinski definition) is 5. The van der Waals surface area contributed by atoms with Crippen molar-refractivity contribution >= 4 is 38.9 Å². The maximum Gasteiger partial charge on any atom is 0.262 e. The van der Waals surface area contributed by atoms with Crippen LogP contribution < -0.4 is 19.5 Å². The summed E-state index contributed by atoms with van der Waals surface area (Å²) in [5.41, 5.74) is 1.59. The van der Waals surface area contributed by atoms with E-state index in [0.29, 0.717) is 33.5 Å². The van der Waals surface area contributed by atoms with Gasteiger partial charge in [0, 0.05) is 16.4 Å². The average Bonchev–Trinajstić information content (AvgIpc) is 2.75. The SMILES string of the molecule is COc1ccc(NC(=O)COc2ccc(S(=O)(=O)Nc3ccc(Cl)cc3)cc2C)cc1. The second-order valence-corrected chi connectivity index (χ2v) is 8.72. The molecule has 0 radical (unpaired) electrons. The van der Waals surface area contributed by atoms with Gasteiger partial charge in [0.25, 0.3) is 15.9 Å². The van der Waals surface area contributed by atoms with Crippen LogP contribution in [-0.4, -0.2) is 28.0 Å². The van der Waals surface area contributed by atoms with Crippen molar-refractivity contribution in [1.29, 1.82) is 0 Å². The number of carbonyl (C=O) groups is 1. The molecule has 0 unspecified atom stereocenters. The van der Waals surface area contributed by atoms with Crippen molar-refractivity contribution in [1.82, 2.24) is 0 Å². The van der Waals surface area contributed by atoms with Gasteiger partial charge in [-0.05, 0) is 79.2 Å². The fourth-order valence-electron chi connectivity index (χ4n) is 2.70. The van der Waals surface area contributed by atoms with E-state index < -0.39 is 10.0 Å². The molecule has 0 saturated carbocycles. The first-order chi connectivity index (χ1) is 14.8. The summed E-state index contributed by atoms with van der Waals surface area (Å²) in [5.74, 6) is 0.756. The molecule has 3 aromatic carbocycles. The number of rotatable bonds is 8. The van der Waals surface area contributed by atoms with Gasteiger partial charge in [0.05, 0.1) is 12.0 Å². The topological polar surface area (TPSA) is 93.7 Å². The number of aryl methyl sites for hydroxylation is 1. The average molecular weight is 461 g/mol. The van der Waals surface area contributed by atoms with Crippen LogP contribution in [0.2, 0.25) is 5.02 Å². The third-order valence-corrected chi connectivity index (χ3v) is 5.92. The van der Waals surface area contributed by atoms with Crippen LogP contribution in [0.25, 0.3) is 0 Å². The summed E-state index contributed by atoms with van der Waals surface area (Å²) in [4.78, 5) is 12.2. The molecular formula is C22H21ClN2O5S. The highest BCUT2D eigenvalue weighted by molar-refractivity contribution is 7.92. The van der Waals surface area contributed by atoms with E-state index in [1.807, 2.05) is 0 Å². The first-order valence-electron chi connectivity index (χ1n) is 9.22. The molecule has 162 valence electrons. The Morgan fingerprint density at radius 2 is 1.61 bits per heavy atom. The fourth-order valence-corrected chi connectivity index (χ4v) is 3.97. The third kappa shape index (κ3) is 6.13. The molecule has 0 atom stereocenters. The van der Waals surface area contributed by atoms with Crippen LogP contribution in [0.15, 0.2) is 71.6 Å². The van der Waals surface area contributed by atoms with E-state index >= 15 is 0 Å². The molecule has 0 bridgehead atoms. The molecule has 0 aliphatic heterocycles. The summed E-state index contributed by atoms with van der Waals surface area (Å²) >= 11 is 5.82. The highest BCUT2D eigenvalue weighted by Crippen LogP contribution is 2.24. The first kappa shape index (κ1) is 22.5. The van der Waals surface area contributed by atoms with Crippen molar-refractivity contribution in [2.24, 2.45) is 0 Å². The number of methoxy groups -OCH3 is 1. The molecule has 0 heterocycles. The van der Waals surface area contributed by atoms with E-state index in [9.17, 15) is 13.2 Å². The van der Waals surface area contributed by atoms with Gasteiger partial charge < -0.3 is 14.8 Å². The number of anilines is 2. The summed E-state index contributed by atoms with van der Waals surface area (Å²) < 4.78 is 38.3. The fraction of sp³-hybridized carbons (Fsp3) is 0.136. The number of carbonyl (C=O) groups excluding carboxylic acids is 1. The Hall–Kier alpha value is -3.23. The Morgan fingerprint density at radius 3 is 2.23 bits per heavy atom. The molecule has 0 aliphatic carbocycles. The lowest BCUT2D eigenvalue weighted by atomic mass is 10.2. The van der Waals surface area contributed by atoms with Crippen molar-refractivity contribution in [2.45, 2.75) is 11.8 Å². The zero-order valence-corrected chi connectivity index (χ0v) is 18.5. The molecule has 0 aliphatic rings. The van der Waals surface area contributed by atoms with Gasteiger partial charge in [-0.3, -0.25) is 9.52 Å². The van der Waals surface area contributed by atoms with Crippen molar-refractivity contribution in [3.63, 3.8) is 0 Å². The van der Waals surface area contributed by atoms with Crippen LogP contribution in [0, 0.1) is 6.92 Å². The molecule has 1 amide bonds. The van der Waals surface area contributed by atoms with Crippen LogP contribution in [0.1, 0.15) is 5.56 Å². The zero-order valence-electron chi connectivity index (χ0n) is 16.9.